The molecule has 6 heteroatoms. The summed E-state index contributed by atoms with van der Waals surface area (Å²) < 4.78 is 23.4. The van der Waals surface area contributed by atoms with Crippen LogP contribution in [0.1, 0.15) is 61.0 Å². The summed E-state index contributed by atoms with van der Waals surface area (Å²) in [5.41, 5.74) is 0.859. The van der Waals surface area contributed by atoms with Gasteiger partial charge in [-0.15, -0.1) is 0 Å². The van der Waals surface area contributed by atoms with Crippen LogP contribution in [0, 0.1) is 0 Å². The molecule has 1 aliphatic rings. The Morgan fingerprint density at radius 3 is 2.12 bits per heavy atom. The number of ether oxygens (including phenoxy) is 2. The molecule has 1 saturated heterocycles. The molecule has 26 heavy (non-hydrogen) atoms. The third-order valence-electron chi connectivity index (χ3n) is 4.68. The van der Waals surface area contributed by atoms with Gasteiger partial charge < -0.3 is 18.8 Å². The molecule has 1 aromatic carbocycles. The van der Waals surface area contributed by atoms with Gasteiger partial charge in [0.15, 0.2) is 0 Å². The normalized spacial score (nSPS) is 18.5. The van der Waals surface area contributed by atoms with Gasteiger partial charge in [-0.3, -0.25) is 4.79 Å². The second-order valence-electron chi connectivity index (χ2n) is 8.34. The molecule has 1 aliphatic heterocycles. The van der Waals surface area contributed by atoms with E-state index in [1.54, 1.807) is 0 Å². The van der Waals surface area contributed by atoms with Gasteiger partial charge in [-0.2, -0.15) is 0 Å². The van der Waals surface area contributed by atoms with E-state index in [0.717, 1.165) is 11.0 Å². The SMILES string of the molecule is CC(C)OC(=O)Cc1ccc(B2OC(C)(C)C(C)(C)O2)cc1OC(C)C. The second-order valence-corrected chi connectivity index (χ2v) is 8.34. The minimum atomic E-state index is -0.467. The van der Waals surface area contributed by atoms with Crippen molar-refractivity contribution in [2.45, 2.75) is 85.2 Å². The monoisotopic (exact) mass is 362 g/mol. The van der Waals surface area contributed by atoms with Crippen LogP contribution >= 0.6 is 0 Å². The maximum Gasteiger partial charge on any atom is 0.494 e. The number of carbonyl (C=O) groups is 1. The van der Waals surface area contributed by atoms with Gasteiger partial charge in [0.1, 0.15) is 5.75 Å². The van der Waals surface area contributed by atoms with E-state index < -0.39 is 18.3 Å². The quantitative estimate of drug-likeness (QED) is 0.574. The molecular formula is C20H31BO5. The van der Waals surface area contributed by atoms with Gasteiger partial charge in [0.05, 0.1) is 29.8 Å². The topological polar surface area (TPSA) is 54.0 Å². The maximum absolute atomic E-state index is 12.0. The van der Waals surface area contributed by atoms with Crippen molar-refractivity contribution in [1.82, 2.24) is 0 Å². The molecule has 5 nitrogen and oxygen atoms in total. The van der Waals surface area contributed by atoms with Crippen molar-refractivity contribution in [2.75, 3.05) is 0 Å². The molecule has 1 fully saturated rings. The largest absolute Gasteiger partial charge is 0.494 e. The summed E-state index contributed by atoms with van der Waals surface area (Å²) in [5, 5.41) is 0. The van der Waals surface area contributed by atoms with E-state index >= 15 is 0 Å². The average Bonchev–Trinajstić information content (AvgIpc) is 2.67. The molecule has 0 amide bonds. The lowest BCUT2D eigenvalue weighted by atomic mass is 9.78. The van der Waals surface area contributed by atoms with Gasteiger partial charge in [0.2, 0.25) is 0 Å². The predicted molar refractivity (Wildman–Crippen MR) is 103 cm³/mol. The Balaban J connectivity index is 2.27. The highest BCUT2D eigenvalue weighted by Crippen LogP contribution is 2.36. The summed E-state index contributed by atoms with van der Waals surface area (Å²) in [4.78, 5) is 12.0. The van der Waals surface area contributed by atoms with Crippen molar-refractivity contribution < 1.29 is 23.6 Å². The summed E-state index contributed by atoms with van der Waals surface area (Å²) in [6.07, 6.45) is 0.0218. The third kappa shape index (κ3) is 4.80. The molecule has 0 atom stereocenters. The standard InChI is InChI=1S/C20H31BO5/c1-13(2)23-17-12-16(21-25-19(5,6)20(7,8)26-21)10-9-15(17)11-18(22)24-14(3)4/h9-10,12-14H,11H2,1-8H3. The van der Waals surface area contributed by atoms with Gasteiger partial charge in [-0.05, 0) is 66.9 Å². The number of benzene rings is 1. The van der Waals surface area contributed by atoms with Crippen LogP contribution in [-0.4, -0.2) is 36.5 Å². The molecular weight excluding hydrogens is 331 g/mol. The van der Waals surface area contributed by atoms with Crippen molar-refractivity contribution in [3.05, 3.63) is 23.8 Å². The lowest BCUT2D eigenvalue weighted by molar-refractivity contribution is -0.146. The van der Waals surface area contributed by atoms with Crippen molar-refractivity contribution in [2.24, 2.45) is 0 Å². The Kier molecular flexibility index (Phi) is 6.08. The lowest BCUT2D eigenvalue weighted by Crippen LogP contribution is -2.41. The number of carbonyl (C=O) groups excluding carboxylic acids is 1. The lowest BCUT2D eigenvalue weighted by Gasteiger charge is -2.32. The third-order valence-corrected chi connectivity index (χ3v) is 4.68. The molecule has 2 rings (SSSR count). The highest BCUT2D eigenvalue weighted by molar-refractivity contribution is 6.62. The van der Waals surface area contributed by atoms with E-state index in [1.807, 2.05) is 73.6 Å². The smallest absolute Gasteiger partial charge is 0.491 e. The summed E-state index contributed by atoms with van der Waals surface area (Å²) in [6, 6.07) is 5.72. The molecule has 0 aromatic heterocycles. The zero-order valence-electron chi connectivity index (χ0n) is 17.2. The Morgan fingerprint density at radius 2 is 1.62 bits per heavy atom. The van der Waals surface area contributed by atoms with Crippen molar-refractivity contribution in [1.29, 1.82) is 0 Å². The fourth-order valence-corrected chi connectivity index (χ4v) is 2.67. The van der Waals surface area contributed by atoms with Crippen molar-refractivity contribution in [3.8, 4) is 5.75 Å². The summed E-state index contributed by atoms with van der Waals surface area (Å²) >= 11 is 0. The minimum Gasteiger partial charge on any atom is -0.491 e. The molecule has 0 N–H and O–H groups in total. The van der Waals surface area contributed by atoms with E-state index in [1.165, 1.54) is 0 Å². The summed E-state index contributed by atoms with van der Waals surface area (Å²) in [6.45, 7) is 15.7. The van der Waals surface area contributed by atoms with E-state index in [0.29, 0.717) is 5.75 Å². The zero-order chi connectivity index (χ0) is 19.7. The Bertz CT molecular complexity index is 636. The molecule has 0 bridgehead atoms. The fourth-order valence-electron chi connectivity index (χ4n) is 2.67. The van der Waals surface area contributed by atoms with Gasteiger partial charge >= 0.3 is 13.1 Å². The van der Waals surface area contributed by atoms with Gasteiger partial charge in [-0.1, -0.05) is 12.1 Å². The van der Waals surface area contributed by atoms with Crippen LogP contribution in [0.2, 0.25) is 0 Å². The van der Waals surface area contributed by atoms with E-state index in [9.17, 15) is 4.79 Å². The van der Waals surface area contributed by atoms with Crippen LogP contribution < -0.4 is 10.2 Å². The van der Waals surface area contributed by atoms with Crippen LogP contribution in [0.15, 0.2) is 18.2 Å². The van der Waals surface area contributed by atoms with E-state index in [2.05, 4.69) is 0 Å². The molecule has 0 unspecified atom stereocenters. The molecule has 0 spiro atoms. The average molecular weight is 362 g/mol. The van der Waals surface area contributed by atoms with Gasteiger partial charge in [0, 0.05) is 5.56 Å². The molecule has 0 radical (unpaired) electrons. The summed E-state index contributed by atoms with van der Waals surface area (Å²) in [5.74, 6) is 0.393. The maximum atomic E-state index is 12.0. The fraction of sp³-hybridized carbons (Fsp3) is 0.650. The minimum absolute atomic E-state index is 0.0107. The molecule has 0 saturated carbocycles. The first-order chi connectivity index (χ1) is 11.9. The Hall–Kier alpha value is -1.53. The molecule has 144 valence electrons. The second kappa shape index (κ2) is 7.61. The first-order valence-corrected chi connectivity index (χ1v) is 9.26. The van der Waals surface area contributed by atoms with E-state index in [4.69, 9.17) is 18.8 Å². The zero-order valence-corrected chi connectivity index (χ0v) is 17.2. The Morgan fingerprint density at radius 1 is 1.04 bits per heavy atom. The Labute approximate surface area is 157 Å². The van der Waals surface area contributed by atoms with Crippen molar-refractivity contribution >= 4 is 18.6 Å². The van der Waals surface area contributed by atoms with Crippen molar-refractivity contribution in [3.63, 3.8) is 0 Å². The first kappa shape index (κ1) is 20.8. The number of rotatable bonds is 6. The van der Waals surface area contributed by atoms with Gasteiger partial charge in [-0.25, -0.2) is 0 Å². The first-order valence-electron chi connectivity index (χ1n) is 9.26. The van der Waals surface area contributed by atoms with Crippen LogP contribution in [0.25, 0.3) is 0 Å². The molecule has 1 aromatic rings. The highest BCUT2D eigenvalue weighted by atomic mass is 16.7. The van der Waals surface area contributed by atoms with Crippen LogP contribution in [0.5, 0.6) is 5.75 Å². The number of hydrogen-bond donors (Lipinski definition) is 0. The molecule has 0 aliphatic carbocycles. The van der Waals surface area contributed by atoms with Crippen LogP contribution in [0.4, 0.5) is 0 Å². The predicted octanol–water partition coefficient (Wildman–Crippen LogP) is 3.27. The number of esters is 1. The van der Waals surface area contributed by atoms with Crippen LogP contribution in [-0.2, 0) is 25.3 Å². The van der Waals surface area contributed by atoms with Gasteiger partial charge in [0.25, 0.3) is 0 Å². The summed E-state index contributed by atoms with van der Waals surface area (Å²) in [7, 11) is -0.467. The highest BCUT2D eigenvalue weighted by Gasteiger charge is 2.51. The molecule has 1 heterocycles. The van der Waals surface area contributed by atoms with Crippen LogP contribution in [0.3, 0.4) is 0 Å². The number of hydrogen-bond acceptors (Lipinski definition) is 5. The van der Waals surface area contributed by atoms with E-state index in [-0.39, 0.29) is 24.6 Å².